The molecule has 0 saturated carbocycles. The first-order valence-electron chi connectivity index (χ1n) is 5.03. The summed E-state index contributed by atoms with van der Waals surface area (Å²) in [6, 6.07) is 0. The van der Waals surface area contributed by atoms with Crippen molar-refractivity contribution in [3.63, 3.8) is 0 Å². The summed E-state index contributed by atoms with van der Waals surface area (Å²) in [5.41, 5.74) is 0.480. The normalized spacial score (nSPS) is 15.2. The summed E-state index contributed by atoms with van der Waals surface area (Å²) in [4.78, 5) is 2.39. The predicted octanol–water partition coefficient (Wildman–Crippen LogP) is 3.01. The van der Waals surface area contributed by atoms with Crippen LogP contribution in [0.2, 0.25) is 0 Å². The highest BCUT2D eigenvalue weighted by atomic mass is 15.1. The van der Waals surface area contributed by atoms with Gasteiger partial charge in [-0.3, -0.25) is 0 Å². The van der Waals surface area contributed by atoms with E-state index in [9.17, 15) is 0 Å². The summed E-state index contributed by atoms with van der Waals surface area (Å²) in [7, 11) is 2.19. The summed E-state index contributed by atoms with van der Waals surface area (Å²) in [6.07, 6.45) is 1.32. The Bertz CT molecular complexity index is 113. The minimum atomic E-state index is 0.480. The maximum atomic E-state index is 2.39. The van der Waals surface area contributed by atoms with Crippen molar-refractivity contribution in [2.45, 2.75) is 41.0 Å². The molecule has 0 aromatic rings. The maximum absolute atomic E-state index is 2.39. The Morgan fingerprint density at radius 1 is 1.25 bits per heavy atom. The predicted molar refractivity (Wildman–Crippen MR) is 56.4 cm³/mol. The highest BCUT2D eigenvalue weighted by Gasteiger charge is 2.15. The van der Waals surface area contributed by atoms with E-state index in [0.29, 0.717) is 5.41 Å². The molecule has 0 aromatic heterocycles. The molecule has 74 valence electrons. The Labute approximate surface area is 78.1 Å². The van der Waals surface area contributed by atoms with Gasteiger partial charge in [-0.15, -0.1) is 0 Å². The van der Waals surface area contributed by atoms with Gasteiger partial charge in [0.05, 0.1) is 0 Å². The van der Waals surface area contributed by atoms with E-state index in [1.54, 1.807) is 0 Å². The maximum Gasteiger partial charge on any atom is 0.000405 e. The van der Waals surface area contributed by atoms with Gasteiger partial charge in [0.2, 0.25) is 0 Å². The average Bonchev–Trinajstić information content (AvgIpc) is 1.82. The fraction of sp³-hybridized carbons (Fsp3) is 1.00. The van der Waals surface area contributed by atoms with Gasteiger partial charge in [0.25, 0.3) is 0 Å². The molecule has 0 fully saturated rings. The molecule has 1 nitrogen and oxygen atoms in total. The van der Waals surface area contributed by atoms with Crippen molar-refractivity contribution in [2.75, 3.05) is 20.1 Å². The van der Waals surface area contributed by atoms with Gasteiger partial charge in [-0.05, 0) is 31.3 Å². The van der Waals surface area contributed by atoms with Gasteiger partial charge < -0.3 is 4.90 Å². The van der Waals surface area contributed by atoms with Crippen molar-refractivity contribution in [1.82, 2.24) is 4.90 Å². The minimum absolute atomic E-state index is 0.480. The summed E-state index contributed by atoms with van der Waals surface area (Å²) >= 11 is 0. The number of hydrogen-bond donors (Lipinski definition) is 0. The Kier molecular flexibility index (Phi) is 4.84. The van der Waals surface area contributed by atoms with Crippen molar-refractivity contribution in [2.24, 2.45) is 11.3 Å². The first kappa shape index (κ1) is 12.0. The molecule has 0 bridgehead atoms. The molecule has 0 spiro atoms. The lowest BCUT2D eigenvalue weighted by Crippen LogP contribution is -2.26. The summed E-state index contributed by atoms with van der Waals surface area (Å²) in [5.74, 6) is 0.815. The van der Waals surface area contributed by atoms with Crippen molar-refractivity contribution >= 4 is 0 Å². The Hall–Kier alpha value is -0.0400. The van der Waals surface area contributed by atoms with Gasteiger partial charge in [-0.2, -0.15) is 0 Å². The van der Waals surface area contributed by atoms with E-state index in [1.165, 1.54) is 13.0 Å². The third-order valence-corrected chi connectivity index (χ3v) is 2.12. The molecular weight excluding hydrogens is 146 g/mol. The van der Waals surface area contributed by atoms with Gasteiger partial charge in [-0.25, -0.2) is 0 Å². The van der Waals surface area contributed by atoms with Crippen LogP contribution in [0.25, 0.3) is 0 Å². The molecule has 0 rings (SSSR count). The Morgan fingerprint density at radius 2 is 1.75 bits per heavy atom. The third-order valence-electron chi connectivity index (χ3n) is 2.12. The molecule has 0 aromatic carbocycles. The van der Waals surface area contributed by atoms with Crippen LogP contribution in [0.5, 0.6) is 0 Å². The van der Waals surface area contributed by atoms with Gasteiger partial charge >= 0.3 is 0 Å². The number of nitrogens with zero attached hydrogens (tertiary/aromatic N) is 1. The molecule has 12 heavy (non-hydrogen) atoms. The first-order valence-corrected chi connectivity index (χ1v) is 5.03. The number of hydrogen-bond acceptors (Lipinski definition) is 1. The standard InChI is InChI=1S/C11H25N/c1-7-12(6)9-10(2)8-11(3,4)5/h10H,7-9H2,1-6H3. The van der Waals surface area contributed by atoms with E-state index in [-0.39, 0.29) is 0 Å². The fourth-order valence-corrected chi connectivity index (χ4v) is 1.77. The van der Waals surface area contributed by atoms with Crippen molar-refractivity contribution in [3.8, 4) is 0 Å². The SMILES string of the molecule is CCN(C)CC(C)CC(C)(C)C. The summed E-state index contributed by atoms with van der Waals surface area (Å²) in [6.45, 7) is 13.9. The molecule has 0 amide bonds. The minimum Gasteiger partial charge on any atom is -0.306 e. The van der Waals surface area contributed by atoms with Crippen molar-refractivity contribution in [1.29, 1.82) is 0 Å². The zero-order valence-electron chi connectivity index (χ0n) is 9.65. The van der Waals surface area contributed by atoms with Crippen LogP contribution in [0.3, 0.4) is 0 Å². The monoisotopic (exact) mass is 171 g/mol. The fourth-order valence-electron chi connectivity index (χ4n) is 1.77. The second-order valence-electron chi connectivity index (χ2n) is 5.22. The van der Waals surface area contributed by atoms with Gasteiger partial charge in [0.15, 0.2) is 0 Å². The quantitative estimate of drug-likeness (QED) is 0.628. The third kappa shape index (κ3) is 6.66. The van der Waals surface area contributed by atoms with Crippen LogP contribution < -0.4 is 0 Å². The first-order chi connectivity index (χ1) is 5.35. The molecule has 1 heteroatoms. The van der Waals surface area contributed by atoms with E-state index < -0.39 is 0 Å². The molecule has 0 saturated heterocycles. The lowest BCUT2D eigenvalue weighted by molar-refractivity contribution is 0.235. The highest BCUT2D eigenvalue weighted by molar-refractivity contribution is 4.68. The molecular formula is C11H25N. The van der Waals surface area contributed by atoms with E-state index in [4.69, 9.17) is 0 Å². The lowest BCUT2D eigenvalue weighted by Gasteiger charge is -2.26. The van der Waals surface area contributed by atoms with Crippen LogP contribution in [-0.4, -0.2) is 25.0 Å². The molecule has 0 aliphatic rings. The van der Waals surface area contributed by atoms with Gasteiger partial charge in [0.1, 0.15) is 0 Å². The molecule has 1 unspecified atom stereocenters. The lowest BCUT2D eigenvalue weighted by atomic mass is 9.85. The average molecular weight is 171 g/mol. The molecule has 0 radical (unpaired) electrons. The van der Waals surface area contributed by atoms with Crippen LogP contribution in [0, 0.1) is 11.3 Å². The summed E-state index contributed by atoms with van der Waals surface area (Å²) in [5, 5.41) is 0. The number of rotatable bonds is 4. The highest BCUT2D eigenvalue weighted by Crippen LogP contribution is 2.24. The summed E-state index contributed by atoms with van der Waals surface area (Å²) < 4.78 is 0. The van der Waals surface area contributed by atoms with Crippen molar-refractivity contribution in [3.05, 3.63) is 0 Å². The molecule has 1 atom stereocenters. The molecule has 0 N–H and O–H groups in total. The van der Waals surface area contributed by atoms with Crippen LogP contribution in [0.1, 0.15) is 41.0 Å². The van der Waals surface area contributed by atoms with E-state index in [0.717, 1.165) is 12.5 Å². The zero-order valence-corrected chi connectivity index (χ0v) is 9.65. The van der Waals surface area contributed by atoms with Crippen LogP contribution >= 0.6 is 0 Å². The van der Waals surface area contributed by atoms with E-state index in [2.05, 4.69) is 46.6 Å². The molecule has 0 aliphatic heterocycles. The second-order valence-corrected chi connectivity index (χ2v) is 5.22. The Morgan fingerprint density at radius 3 is 2.08 bits per heavy atom. The van der Waals surface area contributed by atoms with E-state index in [1.807, 2.05) is 0 Å². The topological polar surface area (TPSA) is 3.24 Å². The molecule has 0 heterocycles. The van der Waals surface area contributed by atoms with Crippen LogP contribution in [0.4, 0.5) is 0 Å². The second kappa shape index (κ2) is 4.86. The van der Waals surface area contributed by atoms with E-state index >= 15 is 0 Å². The van der Waals surface area contributed by atoms with Crippen LogP contribution in [0.15, 0.2) is 0 Å². The van der Waals surface area contributed by atoms with Gasteiger partial charge in [0, 0.05) is 6.54 Å². The Balaban J connectivity index is 3.66. The largest absolute Gasteiger partial charge is 0.306 e. The zero-order chi connectivity index (χ0) is 9.78. The van der Waals surface area contributed by atoms with Crippen molar-refractivity contribution < 1.29 is 0 Å². The molecule has 0 aliphatic carbocycles. The smallest absolute Gasteiger partial charge is 0.000405 e. The van der Waals surface area contributed by atoms with Gasteiger partial charge in [-0.1, -0.05) is 34.6 Å². The van der Waals surface area contributed by atoms with Crippen LogP contribution in [-0.2, 0) is 0 Å².